The molecule has 0 aliphatic rings. The van der Waals surface area contributed by atoms with Gasteiger partial charge in [-0.3, -0.25) is 4.68 Å². The van der Waals surface area contributed by atoms with Crippen LogP contribution in [0, 0.1) is 6.92 Å². The molecule has 0 spiro atoms. The summed E-state index contributed by atoms with van der Waals surface area (Å²) in [5.74, 6) is 0. The fourth-order valence-electron chi connectivity index (χ4n) is 2.18. The molecule has 0 aliphatic heterocycles. The number of hydrogen-bond donors (Lipinski definition) is 1. The summed E-state index contributed by atoms with van der Waals surface area (Å²) in [5, 5.41) is 8.52. The third kappa shape index (κ3) is 2.92. The van der Waals surface area contributed by atoms with Gasteiger partial charge >= 0.3 is 0 Å². The Morgan fingerprint density at radius 3 is 2.50 bits per heavy atom. The number of nitrogens with one attached hydrogen (secondary N) is 1. The minimum absolute atomic E-state index is 0.278. The first kappa shape index (κ1) is 13.1. The van der Waals surface area contributed by atoms with Crippen molar-refractivity contribution in [2.75, 3.05) is 7.05 Å². The molecule has 1 aromatic heterocycles. The maximum absolute atomic E-state index is 5.90. The lowest BCUT2D eigenvalue weighted by Gasteiger charge is -2.15. The topological polar surface area (TPSA) is 29.9 Å². The summed E-state index contributed by atoms with van der Waals surface area (Å²) >= 11 is 5.90. The van der Waals surface area contributed by atoms with Crippen molar-refractivity contribution in [1.82, 2.24) is 15.1 Å². The Balaban J connectivity index is 2.19. The van der Waals surface area contributed by atoms with Crippen LogP contribution in [0.2, 0.25) is 5.02 Å². The van der Waals surface area contributed by atoms with Gasteiger partial charge < -0.3 is 5.32 Å². The minimum Gasteiger partial charge on any atom is -0.313 e. The summed E-state index contributed by atoms with van der Waals surface area (Å²) < 4.78 is 1.86. The summed E-state index contributed by atoms with van der Waals surface area (Å²) in [4.78, 5) is 0. The molecule has 0 amide bonds. The third-order valence-electron chi connectivity index (χ3n) is 3.13. The van der Waals surface area contributed by atoms with E-state index < -0.39 is 0 Å². The van der Waals surface area contributed by atoms with E-state index in [-0.39, 0.29) is 6.04 Å². The number of likely N-dealkylation sites (N-methyl/N-ethyl adjacent to an activating group) is 1. The molecule has 1 atom stereocenters. The summed E-state index contributed by atoms with van der Waals surface area (Å²) in [5.41, 5.74) is 3.59. The van der Waals surface area contributed by atoms with Crippen LogP contribution in [0.1, 0.15) is 22.9 Å². The van der Waals surface area contributed by atoms with Crippen molar-refractivity contribution < 1.29 is 0 Å². The van der Waals surface area contributed by atoms with E-state index in [9.17, 15) is 0 Å². The van der Waals surface area contributed by atoms with E-state index in [0.717, 1.165) is 17.1 Å². The Morgan fingerprint density at radius 1 is 1.33 bits per heavy atom. The number of hydrogen-bond acceptors (Lipinski definition) is 2. The lowest BCUT2D eigenvalue weighted by molar-refractivity contribution is 0.588. The van der Waals surface area contributed by atoms with E-state index in [1.54, 1.807) is 0 Å². The predicted molar refractivity (Wildman–Crippen MR) is 74.9 cm³/mol. The molecule has 0 aliphatic carbocycles. The lowest BCUT2D eigenvalue weighted by Crippen LogP contribution is -2.19. The van der Waals surface area contributed by atoms with Crippen molar-refractivity contribution >= 4 is 11.6 Å². The number of rotatable bonds is 4. The van der Waals surface area contributed by atoms with Crippen LogP contribution < -0.4 is 5.32 Å². The van der Waals surface area contributed by atoms with Crippen LogP contribution in [-0.2, 0) is 13.5 Å². The number of aryl methyl sites for hydroxylation is 2. The highest BCUT2D eigenvalue weighted by atomic mass is 35.5. The molecule has 1 aromatic carbocycles. The molecular weight excluding hydrogens is 246 g/mol. The van der Waals surface area contributed by atoms with Crippen molar-refractivity contribution in [3.63, 3.8) is 0 Å². The Labute approximate surface area is 113 Å². The minimum atomic E-state index is 0.278. The Morgan fingerprint density at radius 2 is 2.00 bits per heavy atom. The van der Waals surface area contributed by atoms with Gasteiger partial charge in [0.25, 0.3) is 0 Å². The van der Waals surface area contributed by atoms with Crippen LogP contribution in [0.25, 0.3) is 0 Å². The predicted octanol–water partition coefficient (Wildman–Crippen LogP) is 2.89. The molecule has 1 unspecified atom stereocenters. The second-order valence-corrected chi connectivity index (χ2v) is 4.95. The molecule has 1 heterocycles. The van der Waals surface area contributed by atoms with Crippen LogP contribution in [0.15, 0.2) is 30.5 Å². The maximum atomic E-state index is 5.90. The average Bonchev–Trinajstić information content (AvgIpc) is 2.68. The molecule has 0 saturated heterocycles. The van der Waals surface area contributed by atoms with Gasteiger partial charge in [0.05, 0.1) is 5.69 Å². The maximum Gasteiger partial charge on any atom is 0.0641 e. The summed E-state index contributed by atoms with van der Waals surface area (Å²) in [6.07, 6.45) is 3.01. The van der Waals surface area contributed by atoms with Crippen molar-refractivity contribution in [3.8, 4) is 0 Å². The van der Waals surface area contributed by atoms with Crippen LogP contribution in [-0.4, -0.2) is 16.8 Å². The Kier molecular flexibility index (Phi) is 4.04. The van der Waals surface area contributed by atoms with Crippen LogP contribution in [0.3, 0.4) is 0 Å². The van der Waals surface area contributed by atoms with Crippen LogP contribution in [0.4, 0.5) is 0 Å². The lowest BCUT2D eigenvalue weighted by atomic mass is 10.00. The number of nitrogens with zero attached hydrogens (tertiary/aromatic N) is 2. The van der Waals surface area contributed by atoms with Crippen molar-refractivity contribution in [3.05, 3.63) is 52.3 Å². The largest absolute Gasteiger partial charge is 0.313 e. The molecular formula is C14H18ClN3. The van der Waals surface area contributed by atoms with E-state index in [0.29, 0.717) is 0 Å². The molecule has 0 radical (unpaired) electrons. The van der Waals surface area contributed by atoms with Crippen LogP contribution in [0.5, 0.6) is 0 Å². The van der Waals surface area contributed by atoms with E-state index in [2.05, 4.69) is 28.7 Å². The molecule has 0 bridgehead atoms. The second-order valence-electron chi connectivity index (χ2n) is 4.52. The summed E-state index contributed by atoms with van der Waals surface area (Å²) in [6.45, 7) is 2.04. The van der Waals surface area contributed by atoms with Gasteiger partial charge in [-0.2, -0.15) is 5.10 Å². The number of halogens is 1. The smallest absolute Gasteiger partial charge is 0.0641 e. The first-order chi connectivity index (χ1) is 8.60. The first-order valence-corrected chi connectivity index (χ1v) is 6.40. The van der Waals surface area contributed by atoms with Crippen molar-refractivity contribution in [1.29, 1.82) is 0 Å². The fraction of sp³-hybridized carbons (Fsp3) is 0.357. The highest BCUT2D eigenvalue weighted by molar-refractivity contribution is 6.30. The summed E-state index contributed by atoms with van der Waals surface area (Å²) in [6, 6.07) is 8.27. The molecule has 0 saturated carbocycles. The summed E-state index contributed by atoms with van der Waals surface area (Å²) in [7, 11) is 3.93. The van der Waals surface area contributed by atoms with E-state index in [1.807, 2.05) is 37.8 Å². The zero-order valence-electron chi connectivity index (χ0n) is 10.9. The molecule has 2 aromatic rings. The molecule has 1 N–H and O–H groups in total. The first-order valence-electron chi connectivity index (χ1n) is 6.02. The van der Waals surface area contributed by atoms with Gasteiger partial charge in [-0.1, -0.05) is 23.7 Å². The van der Waals surface area contributed by atoms with Gasteiger partial charge in [0, 0.05) is 29.9 Å². The van der Waals surface area contributed by atoms with Crippen LogP contribution >= 0.6 is 11.6 Å². The van der Waals surface area contributed by atoms with Gasteiger partial charge in [0.15, 0.2) is 0 Å². The quantitative estimate of drug-likeness (QED) is 0.919. The molecule has 3 nitrogen and oxygen atoms in total. The van der Waals surface area contributed by atoms with E-state index >= 15 is 0 Å². The van der Waals surface area contributed by atoms with Gasteiger partial charge in [-0.25, -0.2) is 0 Å². The standard InChI is InChI=1S/C14H18ClN3/c1-10-13(9-18(3)17-10)14(16-2)8-11-4-6-12(15)7-5-11/h4-7,9,14,16H,8H2,1-3H3. The molecule has 96 valence electrons. The number of aromatic nitrogens is 2. The zero-order chi connectivity index (χ0) is 13.1. The Hall–Kier alpha value is -1.32. The van der Waals surface area contributed by atoms with Gasteiger partial charge in [-0.15, -0.1) is 0 Å². The van der Waals surface area contributed by atoms with Gasteiger partial charge in [0.1, 0.15) is 0 Å². The highest BCUT2D eigenvalue weighted by Crippen LogP contribution is 2.21. The molecule has 0 fully saturated rings. The fourth-order valence-corrected chi connectivity index (χ4v) is 2.31. The normalized spacial score (nSPS) is 12.7. The van der Waals surface area contributed by atoms with Crippen molar-refractivity contribution in [2.24, 2.45) is 7.05 Å². The molecule has 2 rings (SSSR count). The molecule has 18 heavy (non-hydrogen) atoms. The molecule has 4 heteroatoms. The highest BCUT2D eigenvalue weighted by Gasteiger charge is 2.15. The second kappa shape index (κ2) is 5.55. The van der Waals surface area contributed by atoms with Gasteiger partial charge in [0.2, 0.25) is 0 Å². The van der Waals surface area contributed by atoms with E-state index in [1.165, 1.54) is 11.1 Å². The van der Waals surface area contributed by atoms with Crippen molar-refractivity contribution in [2.45, 2.75) is 19.4 Å². The third-order valence-corrected chi connectivity index (χ3v) is 3.38. The van der Waals surface area contributed by atoms with Gasteiger partial charge in [-0.05, 0) is 38.1 Å². The average molecular weight is 264 g/mol. The Bertz CT molecular complexity index is 516. The SMILES string of the molecule is CNC(Cc1ccc(Cl)cc1)c1cn(C)nc1C. The number of benzene rings is 1. The zero-order valence-corrected chi connectivity index (χ0v) is 11.7. The monoisotopic (exact) mass is 263 g/mol. The van der Waals surface area contributed by atoms with E-state index in [4.69, 9.17) is 11.6 Å².